The Morgan fingerprint density at radius 2 is 2.03 bits per heavy atom. The van der Waals surface area contributed by atoms with Gasteiger partial charge in [-0.3, -0.25) is 9.59 Å². The maximum absolute atomic E-state index is 14.3. The zero-order chi connectivity index (χ0) is 26.5. The molecule has 0 unspecified atom stereocenters. The molecule has 0 saturated carbocycles. The number of nitrogens with zero attached hydrogens (tertiary/aromatic N) is 2. The van der Waals surface area contributed by atoms with E-state index >= 15 is 0 Å². The summed E-state index contributed by atoms with van der Waals surface area (Å²) in [5, 5.41) is 13.3. The number of benzene rings is 2. The van der Waals surface area contributed by atoms with Crippen molar-refractivity contribution in [1.82, 2.24) is 0 Å². The van der Waals surface area contributed by atoms with Crippen LogP contribution in [0.25, 0.3) is 0 Å². The van der Waals surface area contributed by atoms with E-state index in [-0.39, 0.29) is 29.3 Å². The number of nitriles is 1. The number of nitrogens with one attached hydrogen (secondary N) is 1. The van der Waals surface area contributed by atoms with Gasteiger partial charge in [-0.15, -0.1) is 11.3 Å². The van der Waals surface area contributed by atoms with Crippen molar-refractivity contribution >= 4 is 52.1 Å². The van der Waals surface area contributed by atoms with Gasteiger partial charge in [-0.1, -0.05) is 35.9 Å². The van der Waals surface area contributed by atoms with Gasteiger partial charge >= 0.3 is 5.97 Å². The van der Waals surface area contributed by atoms with Gasteiger partial charge in [-0.05, 0) is 31.2 Å². The molecule has 0 fully saturated rings. The standard InChI is InChI=1S/C26H19ClN4O5S/c1-13-20(24(33)35-2)21-22(37-13)26(17(11-28)23(29)36-21)16-8-3-4-9-18(16)31(25(26)34)12-19(32)30-15-7-5-6-14(27)10-15/h3-10H,12,29H2,1-2H3,(H,30,32)/t26-/m0/s1. The molecule has 0 aliphatic carbocycles. The Balaban J connectivity index is 1.66. The van der Waals surface area contributed by atoms with Crippen molar-refractivity contribution in [3.05, 3.63) is 85.9 Å². The fraction of sp³-hybridized carbons (Fsp3) is 0.154. The third-order valence-corrected chi connectivity index (χ3v) is 7.73. The van der Waals surface area contributed by atoms with Crippen LogP contribution in [0.2, 0.25) is 5.02 Å². The van der Waals surface area contributed by atoms with Crippen molar-refractivity contribution in [3.8, 4) is 11.8 Å². The van der Waals surface area contributed by atoms with Crippen LogP contribution in [0, 0.1) is 18.3 Å². The molecule has 0 radical (unpaired) electrons. The molecule has 9 nitrogen and oxygen atoms in total. The number of halogens is 1. The van der Waals surface area contributed by atoms with Gasteiger partial charge in [-0.25, -0.2) is 4.79 Å². The minimum absolute atomic E-state index is 0.0687. The lowest BCUT2D eigenvalue weighted by Gasteiger charge is -2.32. The zero-order valence-corrected chi connectivity index (χ0v) is 21.2. The number of nitrogens with two attached hydrogens (primary N) is 1. The number of rotatable bonds is 4. The van der Waals surface area contributed by atoms with Crippen molar-refractivity contribution in [2.24, 2.45) is 5.73 Å². The number of para-hydroxylation sites is 1. The minimum atomic E-state index is -1.69. The number of aryl methyl sites for hydroxylation is 1. The molecule has 2 amide bonds. The Labute approximate surface area is 220 Å². The number of esters is 1. The molecule has 0 saturated heterocycles. The van der Waals surface area contributed by atoms with Gasteiger partial charge in [0.1, 0.15) is 23.8 Å². The van der Waals surface area contributed by atoms with Crippen molar-refractivity contribution in [1.29, 1.82) is 5.26 Å². The first-order chi connectivity index (χ1) is 17.7. The summed E-state index contributed by atoms with van der Waals surface area (Å²) in [6.45, 7) is 1.35. The topological polar surface area (TPSA) is 135 Å². The Bertz CT molecular complexity index is 1570. The molecule has 0 bridgehead atoms. The summed E-state index contributed by atoms with van der Waals surface area (Å²) in [7, 11) is 1.24. The summed E-state index contributed by atoms with van der Waals surface area (Å²) >= 11 is 7.16. The second-order valence-electron chi connectivity index (χ2n) is 8.35. The fourth-order valence-corrected chi connectivity index (χ4v) is 6.25. The number of hydrogen-bond donors (Lipinski definition) is 2. The van der Waals surface area contributed by atoms with Crippen LogP contribution in [0.5, 0.6) is 5.75 Å². The molecular formula is C26H19ClN4O5S. The molecule has 2 aromatic carbocycles. The van der Waals surface area contributed by atoms with Crippen molar-refractivity contribution in [3.63, 3.8) is 0 Å². The van der Waals surface area contributed by atoms with Gasteiger partial charge in [0, 0.05) is 26.8 Å². The van der Waals surface area contributed by atoms with E-state index in [1.807, 2.05) is 6.07 Å². The summed E-state index contributed by atoms with van der Waals surface area (Å²) < 4.78 is 10.7. The SMILES string of the molecule is COC(=O)c1c(C)sc2c1OC(N)=C(C#N)[C@]21C(=O)N(CC(=O)Nc2cccc(Cl)c2)c2ccccc21. The van der Waals surface area contributed by atoms with Crippen LogP contribution in [0.4, 0.5) is 11.4 Å². The van der Waals surface area contributed by atoms with Gasteiger partial charge in [0.05, 0.1) is 12.0 Å². The highest BCUT2D eigenvalue weighted by Crippen LogP contribution is 2.58. The van der Waals surface area contributed by atoms with Gasteiger partial charge in [0.2, 0.25) is 17.7 Å². The lowest BCUT2D eigenvalue weighted by Crippen LogP contribution is -2.47. The van der Waals surface area contributed by atoms with Crippen LogP contribution in [-0.4, -0.2) is 31.4 Å². The molecule has 1 atom stereocenters. The summed E-state index contributed by atoms with van der Waals surface area (Å²) in [4.78, 5) is 42.1. The first kappa shape index (κ1) is 24.4. The highest BCUT2D eigenvalue weighted by Gasteiger charge is 2.61. The van der Waals surface area contributed by atoms with E-state index in [9.17, 15) is 19.6 Å². The Hall–Kier alpha value is -4.33. The molecular weight excluding hydrogens is 516 g/mol. The van der Waals surface area contributed by atoms with Crippen LogP contribution in [0.15, 0.2) is 60.0 Å². The van der Waals surface area contributed by atoms with Crippen LogP contribution in [0.3, 0.4) is 0 Å². The number of fused-ring (bicyclic) bond motifs is 4. The molecule has 3 aromatic rings. The summed E-state index contributed by atoms with van der Waals surface area (Å²) in [6.07, 6.45) is 0. The van der Waals surface area contributed by atoms with Gasteiger partial charge in [-0.2, -0.15) is 5.26 Å². The van der Waals surface area contributed by atoms with E-state index in [0.717, 1.165) is 11.3 Å². The van der Waals surface area contributed by atoms with E-state index in [0.29, 0.717) is 31.7 Å². The Morgan fingerprint density at radius 3 is 2.73 bits per heavy atom. The molecule has 5 rings (SSSR count). The average molecular weight is 535 g/mol. The largest absolute Gasteiger partial charge is 0.465 e. The number of carbonyl (C=O) groups excluding carboxylic acids is 3. The lowest BCUT2D eigenvalue weighted by molar-refractivity contribution is -0.123. The maximum Gasteiger partial charge on any atom is 0.342 e. The number of anilines is 2. The predicted octanol–water partition coefficient (Wildman–Crippen LogP) is 3.85. The average Bonchev–Trinajstić information content (AvgIpc) is 3.32. The summed E-state index contributed by atoms with van der Waals surface area (Å²) in [6, 6.07) is 15.5. The number of methoxy groups -OCH3 is 1. The van der Waals surface area contributed by atoms with Crippen LogP contribution < -0.4 is 20.7 Å². The van der Waals surface area contributed by atoms with Gasteiger partial charge in [0.15, 0.2) is 11.2 Å². The molecule has 1 spiro atoms. The van der Waals surface area contributed by atoms with E-state index < -0.39 is 23.2 Å². The van der Waals surface area contributed by atoms with E-state index in [2.05, 4.69) is 5.32 Å². The molecule has 186 valence electrons. The van der Waals surface area contributed by atoms with E-state index in [1.165, 1.54) is 12.0 Å². The molecule has 3 heterocycles. The molecule has 37 heavy (non-hydrogen) atoms. The number of carbonyl (C=O) groups is 3. The minimum Gasteiger partial charge on any atom is -0.465 e. The van der Waals surface area contributed by atoms with E-state index in [1.54, 1.807) is 55.5 Å². The third-order valence-electron chi connectivity index (χ3n) is 6.29. The highest BCUT2D eigenvalue weighted by atomic mass is 35.5. The van der Waals surface area contributed by atoms with Crippen LogP contribution in [-0.2, 0) is 19.7 Å². The number of hydrogen-bond acceptors (Lipinski definition) is 8. The molecule has 3 N–H and O–H groups in total. The first-order valence-electron chi connectivity index (χ1n) is 11.0. The fourth-order valence-electron chi connectivity index (χ4n) is 4.79. The van der Waals surface area contributed by atoms with Crippen molar-refractivity contribution in [2.45, 2.75) is 12.3 Å². The second-order valence-corrected chi connectivity index (χ2v) is 10.0. The second kappa shape index (κ2) is 8.96. The van der Waals surface area contributed by atoms with Crippen molar-refractivity contribution < 1.29 is 23.9 Å². The van der Waals surface area contributed by atoms with Crippen LogP contribution in [0.1, 0.15) is 25.7 Å². The molecule has 1 aromatic heterocycles. The van der Waals surface area contributed by atoms with Crippen molar-refractivity contribution in [2.75, 3.05) is 23.9 Å². The highest BCUT2D eigenvalue weighted by molar-refractivity contribution is 7.13. The summed E-state index contributed by atoms with van der Waals surface area (Å²) in [5.74, 6) is -1.92. The number of amides is 2. The quantitative estimate of drug-likeness (QED) is 0.485. The predicted molar refractivity (Wildman–Crippen MR) is 138 cm³/mol. The molecule has 2 aliphatic heterocycles. The zero-order valence-electron chi connectivity index (χ0n) is 19.6. The third kappa shape index (κ3) is 3.55. The Kier molecular flexibility index (Phi) is 5.90. The smallest absolute Gasteiger partial charge is 0.342 e. The number of thiophene rings is 1. The summed E-state index contributed by atoms with van der Waals surface area (Å²) in [5.41, 5.74) is 5.87. The number of ether oxygens (including phenoxy) is 2. The van der Waals surface area contributed by atoms with E-state index in [4.69, 9.17) is 26.8 Å². The molecule has 2 aliphatic rings. The monoisotopic (exact) mass is 534 g/mol. The van der Waals surface area contributed by atoms with Gasteiger partial charge < -0.3 is 25.4 Å². The normalized spacial score (nSPS) is 17.7. The lowest BCUT2D eigenvalue weighted by atomic mass is 9.72. The first-order valence-corrected chi connectivity index (χ1v) is 12.2. The molecule has 11 heteroatoms. The maximum atomic E-state index is 14.3. The van der Waals surface area contributed by atoms with Crippen LogP contribution >= 0.6 is 22.9 Å². The Morgan fingerprint density at radius 1 is 1.27 bits per heavy atom. The van der Waals surface area contributed by atoms with Gasteiger partial charge in [0.25, 0.3) is 0 Å².